The molecule has 27 heavy (non-hydrogen) atoms. The van der Waals surface area contributed by atoms with Crippen LogP contribution < -0.4 is 4.90 Å². The Labute approximate surface area is 160 Å². The maximum Gasteiger partial charge on any atom is 0.230 e. The first-order chi connectivity index (χ1) is 13.0. The number of aromatic nitrogens is 1. The minimum absolute atomic E-state index is 0.191. The summed E-state index contributed by atoms with van der Waals surface area (Å²) >= 11 is 0. The lowest BCUT2D eigenvalue weighted by Gasteiger charge is -2.41. The molecule has 0 radical (unpaired) electrons. The van der Waals surface area contributed by atoms with Gasteiger partial charge < -0.3 is 14.9 Å². The van der Waals surface area contributed by atoms with Crippen molar-refractivity contribution in [1.82, 2.24) is 9.88 Å². The van der Waals surface area contributed by atoms with Crippen molar-refractivity contribution in [2.75, 3.05) is 24.5 Å². The molecule has 6 nitrogen and oxygen atoms in total. The second kappa shape index (κ2) is 7.12. The highest BCUT2D eigenvalue weighted by Crippen LogP contribution is 2.43. The number of nitriles is 1. The third-order valence-electron chi connectivity index (χ3n) is 6.75. The first kappa shape index (κ1) is 18.2. The van der Waals surface area contributed by atoms with E-state index in [9.17, 15) is 9.90 Å². The molecule has 144 valence electrons. The molecule has 1 saturated carbocycles. The monoisotopic (exact) mass is 368 g/mol. The molecule has 1 aromatic heterocycles. The first-order valence-corrected chi connectivity index (χ1v) is 10.1. The van der Waals surface area contributed by atoms with Gasteiger partial charge in [0.25, 0.3) is 0 Å². The maximum absolute atomic E-state index is 13.4. The number of aliphatic hydroxyl groups excluding tert-OH is 1. The molecule has 1 aliphatic carbocycles. The predicted octanol–water partition coefficient (Wildman–Crippen LogP) is 2.38. The van der Waals surface area contributed by atoms with E-state index in [1.165, 1.54) is 0 Å². The minimum Gasteiger partial charge on any atom is -0.393 e. The van der Waals surface area contributed by atoms with Crippen molar-refractivity contribution in [3.8, 4) is 6.07 Å². The standard InChI is InChI=1S/C21H28N4O2/c1-15-16(13-22)3-8-19(23-15)24-11-2-9-21(14-24)10-12-25(20(21)27)17-4-6-18(26)7-5-17/h3,8,17-18,26H,2,4-7,9-12,14H2,1H3/t17-,18+,21-/m0/s1. The maximum atomic E-state index is 13.4. The molecule has 6 heteroatoms. The highest BCUT2D eigenvalue weighted by molar-refractivity contribution is 5.86. The minimum atomic E-state index is -0.294. The topological polar surface area (TPSA) is 80.5 Å². The number of piperidine rings is 1. The summed E-state index contributed by atoms with van der Waals surface area (Å²) in [6.45, 7) is 4.33. The van der Waals surface area contributed by atoms with Gasteiger partial charge in [-0.3, -0.25) is 4.79 Å². The molecule has 1 N–H and O–H groups in total. The van der Waals surface area contributed by atoms with E-state index in [0.29, 0.717) is 17.5 Å². The van der Waals surface area contributed by atoms with Crippen LogP contribution >= 0.6 is 0 Å². The van der Waals surface area contributed by atoms with Crippen molar-refractivity contribution in [1.29, 1.82) is 5.26 Å². The highest BCUT2D eigenvalue weighted by atomic mass is 16.3. The summed E-state index contributed by atoms with van der Waals surface area (Å²) in [5.74, 6) is 1.18. The van der Waals surface area contributed by atoms with E-state index in [2.05, 4.69) is 20.9 Å². The summed E-state index contributed by atoms with van der Waals surface area (Å²) < 4.78 is 0. The van der Waals surface area contributed by atoms with E-state index in [0.717, 1.165) is 76.1 Å². The predicted molar refractivity (Wildman–Crippen MR) is 102 cm³/mol. The van der Waals surface area contributed by atoms with Crippen molar-refractivity contribution in [2.24, 2.45) is 5.41 Å². The Balaban J connectivity index is 1.50. The van der Waals surface area contributed by atoms with Crippen LogP contribution in [0.1, 0.15) is 56.2 Å². The van der Waals surface area contributed by atoms with Gasteiger partial charge in [0.2, 0.25) is 5.91 Å². The zero-order chi connectivity index (χ0) is 19.0. The Morgan fingerprint density at radius 2 is 2.00 bits per heavy atom. The SMILES string of the molecule is Cc1nc(N2CCC[C@]3(CCN([C@H]4CC[C@@H](O)CC4)C3=O)C2)ccc1C#N. The van der Waals surface area contributed by atoms with Gasteiger partial charge >= 0.3 is 0 Å². The van der Waals surface area contributed by atoms with E-state index < -0.39 is 0 Å². The van der Waals surface area contributed by atoms with Gasteiger partial charge in [0.15, 0.2) is 0 Å². The summed E-state index contributed by atoms with van der Waals surface area (Å²) in [6, 6.07) is 6.20. The Bertz CT molecular complexity index is 766. The fourth-order valence-corrected chi connectivity index (χ4v) is 5.11. The molecule has 1 atom stereocenters. The Morgan fingerprint density at radius 1 is 1.22 bits per heavy atom. The Hall–Kier alpha value is -2.13. The van der Waals surface area contributed by atoms with Crippen LogP contribution in [0.2, 0.25) is 0 Å². The number of nitrogens with zero attached hydrogens (tertiary/aromatic N) is 4. The van der Waals surface area contributed by atoms with Gasteiger partial charge in [-0.25, -0.2) is 4.98 Å². The van der Waals surface area contributed by atoms with Crippen molar-refractivity contribution in [2.45, 2.75) is 64.0 Å². The lowest BCUT2D eigenvalue weighted by molar-refractivity contribution is -0.139. The van der Waals surface area contributed by atoms with Crippen LogP contribution in [0.5, 0.6) is 0 Å². The number of carbonyl (C=O) groups excluding carboxylic acids is 1. The third-order valence-corrected chi connectivity index (χ3v) is 6.75. The van der Waals surface area contributed by atoms with Crippen LogP contribution in [-0.2, 0) is 4.79 Å². The summed E-state index contributed by atoms with van der Waals surface area (Å²) in [6.07, 6.45) is 6.11. The molecule has 1 spiro atoms. The second-order valence-corrected chi connectivity index (χ2v) is 8.43. The summed E-state index contributed by atoms with van der Waals surface area (Å²) in [5, 5.41) is 18.9. The van der Waals surface area contributed by atoms with E-state index in [4.69, 9.17) is 5.26 Å². The zero-order valence-corrected chi connectivity index (χ0v) is 16.0. The van der Waals surface area contributed by atoms with E-state index >= 15 is 0 Å². The molecule has 0 unspecified atom stereocenters. The van der Waals surface area contributed by atoms with Crippen molar-refractivity contribution >= 4 is 11.7 Å². The number of pyridine rings is 1. The number of rotatable bonds is 2. The van der Waals surface area contributed by atoms with Gasteiger partial charge in [-0.15, -0.1) is 0 Å². The third kappa shape index (κ3) is 3.29. The number of likely N-dealkylation sites (tertiary alicyclic amines) is 1. The lowest BCUT2D eigenvalue weighted by Crippen LogP contribution is -2.50. The molecule has 0 aromatic carbocycles. The first-order valence-electron chi connectivity index (χ1n) is 10.1. The average Bonchev–Trinajstić information content (AvgIpc) is 2.98. The van der Waals surface area contributed by atoms with Gasteiger partial charge in [-0.2, -0.15) is 5.26 Å². The smallest absolute Gasteiger partial charge is 0.230 e. The fraction of sp³-hybridized carbons (Fsp3) is 0.667. The van der Waals surface area contributed by atoms with Gasteiger partial charge in [0.1, 0.15) is 11.9 Å². The van der Waals surface area contributed by atoms with Gasteiger partial charge in [-0.1, -0.05) is 0 Å². The Kier molecular flexibility index (Phi) is 4.81. The van der Waals surface area contributed by atoms with Crippen LogP contribution in [0.4, 0.5) is 5.82 Å². The molecule has 3 fully saturated rings. The van der Waals surface area contributed by atoms with E-state index in [1.54, 1.807) is 0 Å². The normalized spacial score (nSPS) is 31.4. The van der Waals surface area contributed by atoms with Gasteiger partial charge in [-0.05, 0) is 64.0 Å². The van der Waals surface area contributed by atoms with Crippen molar-refractivity contribution in [3.63, 3.8) is 0 Å². The molecule has 2 aliphatic heterocycles. The number of aryl methyl sites for hydroxylation is 1. The highest BCUT2D eigenvalue weighted by Gasteiger charge is 2.50. The number of hydrogen-bond acceptors (Lipinski definition) is 5. The van der Waals surface area contributed by atoms with Crippen LogP contribution in [0.15, 0.2) is 12.1 Å². The molecule has 3 heterocycles. The second-order valence-electron chi connectivity index (χ2n) is 8.43. The number of anilines is 1. The molecule has 4 rings (SSSR count). The average molecular weight is 368 g/mol. The summed E-state index contributed by atoms with van der Waals surface area (Å²) in [7, 11) is 0. The number of aliphatic hydroxyl groups is 1. The summed E-state index contributed by atoms with van der Waals surface area (Å²) in [4.78, 5) is 22.3. The van der Waals surface area contributed by atoms with Gasteiger partial charge in [0.05, 0.1) is 22.8 Å². The van der Waals surface area contributed by atoms with E-state index in [1.807, 2.05) is 19.1 Å². The summed E-state index contributed by atoms with van der Waals surface area (Å²) in [5.41, 5.74) is 1.06. The molecular formula is C21H28N4O2. The molecule has 1 aromatic rings. The molecule has 1 amide bonds. The van der Waals surface area contributed by atoms with Crippen LogP contribution in [0.25, 0.3) is 0 Å². The molecular weight excluding hydrogens is 340 g/mol. The largest absolute Gasteiger partial charge is 0.393 e. The van der Waals surface area contributed by atoms with Crippen molar-refractivity contribution < 1.29 is 9.90 Å². The van der Waals surface area contributed by atoms with Crippen LogP contribution in [0, 0.1) is 23.7 Å². The lowest BCUT2D eigenvalue weighted by atomic mass is 9.78. The quantitative estimate of drug-likeness (QED) is 0.867. The number of amides is 1. The number of hydrogen-bond donors (Lipinski definition) is 1. The molecule has 0 bridgehead atoms. The zero-order valence-electron chi connectivity index (χ0n) is 16.0. The Morgan fingerprint density at radius 3 is 2.70 bits per heavy atom. The molecule has 3 aliphatic rings. The molecule has 2 saturated heterocycles. The van der Waals surface area contributed by atoms with Crippen LogP contribution in [-0.4, -0.2) is 52.7 Å². The number of carbonyl (C=O) groups is 1. The van der Waals surface area contributed by atoms with E-state index in [-0.39, 0.29) is 11.5 Å². The van der Waals surface area contributed by atoms with Crippen molar-refractivity contribution in [3.05, 3.63) is 23.4 Å². The van der Waals surface area contributed by atoms with Crippen LogP contribution in [0.3, 0.4) is 0 Å². The van der Waals surface area contributed by atoms with Gasteiger partial charge in [0, 0.05) is 25.7 Å². The fourth-order valence-electron chi connectivity index (χ4n) is 5.11.